The number of thioether (sulfide) groups is 1. The number of carbonyl (C=O) groups excluding carboxylic acids is 2. The third kappa shape index (κ3) is 6.61. The van der Waals surface area contributed by atoms with Crippen LogP contribution in [0.1, 0.15) is 50.5 Å². The van der Waals surface area contributed by atoms with E-state index in [1.807, 2.05) is 0 Å². The summed E-state index contributed by atoms with van der Waals surface area (Å²) in [7, 11) is 0. The van der Waals surface area contributed by atoms with Gasteiger partial charge in [0, 0.05) is 26.6 Å². The molecule has 0 amide bonds. The molecule has 1 aromatic heterocycles. The second-order valence-corrected chi connectivity index (χ2v) is 11.8. The molecule has 1 atom stereocenters. The number of aromatic amines is 1. The second-order valence-electron chi connectivity index (χ2n) is 9.85. The van der Waals surface area contributed by atoms with Gasteiger partial charge >= 0.3 is 11.7 Å². The molecule has 2 N–H and O–H groups in total. The Bertz CT molecular complexity index is 1490. The minimum atomic E-state index is -1.34. The average molecular weight is 577 g/mol. The fourth-order valence-electron chi connectivity index (χ4n) is 3.51. The summed E-state index contributed by atoms with van der Waals surface area (Å²) in [5.74, 6) is -1.27. The maximum absolute atomic E-state index is 13.3. The van der Waals surface area contributed by atoms with Gasteiger partial charge in [-0.15, -0.1) is 0 Å². The van der Waals surface area contributed by atoms with Gasteiger partial charge in [0.25, 0.3) is 5.56 Å². The molecule has 12 heteroatoms. The van der Waals surface area contributed by atoms with Crippen LogP contribution in [0.2, 0.25) is 10.0 Å². The zero-order valence-corrected chi connectivity index (χ0v) is 23.6. The standard InChI is InChI=1S/C26H26Cl2N4O5S/c1-25(2,3)37-22(35)21(20(34)14-9-7-6-8-10-14)38-23(29)26(4,5)19-16(27)11-15(12-17(19)28)32-24(36)31-18(33)13-30-32/h6-13,21,29H,1-5H3,(H,31,33,36). The first-order valence-corrected chi connectivity index (χ1v) is 13.0. The highest BCUT2D eigenvalue weighted by Crippen LogP contribution is 2.41. The van der Waals surface area contributed by atoms with Crippen molar-refractivity contribution in [3.8, 4) is 5.69 Å². The minimum absolute atomic E-state index is 0.0616. The zero-order chi connectivity index (χ0) is 28.4. The molecule has 0 aliphatic heterocycles. The first kappa shape index (κ1) is 29.3. The number of aromatic nitrogens is 3. The number of esters is 1. The van der Waals surface area contributed by atoms with Gasteiger partial charge in [0.1, 0.15) is 11.8 Å². The van der Waals surface area contributed by atoms with Crippen molar-refractivity contribution < 1.29 is 14.3 Å². The Morgan fingerprint density at radius 1 is 1.05 bits per heavy atom. The first-order valence-electron chi connectivity index (χ1n) is 11.4. The lowest BCUT2D eigenvalue weighted by molar-refractivity contribution is -0.152. The van der Waals surface area contributed by atoms with Crippen LogP contribution >= 0.6 is 35.0 Å². The molecule has 0 aliphatic rings. The van der Waals surface area contributed by atoms with Crippen molar-refractivity contribution in [3.05, 3.63) is 90.7 Å². The van der Waals surface area contributed by atoms with Crippen molar-refractivity contribution in [1.29, 1.82) is 5.41 Å². The van der Waals surface area contributed by atoms with Crippen LogP contribution in [0.15, 0.2) is 58.3 Å². The number of hydrogen-bond donors (Lipinski definition) is 2. The molecule has 0 saturated heterocycles. The van der Waals surface area contributed by atoms with Crippen molar-refractivity contribution >= 4 is 51.8 Å². The number of hydrogen-bond acceptors (Lipinski definition) is 8. The summed E-state index contributed by atoms with van der Waals surface area (Å²) in [4.78, 5) is 52.0. The van der Waals surface area contributed by atoms with Crippen molar-refractivity contribution in [2.24, 2.45) is 0 Å². The summed E-state index contributed by atoms with van der Waals surface area (Å²) in [6.07, 6.45) is 0.938. The topological polar surface area (TPSA) is 135 Å². The van der Waals surface area contributed by atoms with Crippen molar-refractivity contribution in [2.45, 2.75) is 50.9 Å². The van der Waals surface area contributed by atoms with E-state index in [1.165, 1.54) is 12.1 Å². The van der Waals surface area contributed by atoms with Crippen molar-refractivity contribution in [1.82, 2.24) is 14.8 Å². The fourth-order valence-corrected chi connectivity index (χ4v) is 5.48. The molecule has 0 saturated carbocycles. The minimum Gasteiger partial charge on any atom is -0.459 e. The maximum atomic E-state index is 13.3. The molecule has 0 bridgehead atoms. The van der Waals surface area contributed by atoms with E-state index in [0.29, 0.717) is 11.1 Å². The van der Waals surface area contributed by atoms with E-state index in [0.717, 1.165) is 22.6 Å². The van der Waals surface area contributed by atoms with E-state index in [2.05, 4.69) is 10.1 Å². The second kappa shape index (κ2) is 11.3. The highest BCUT2D eigenvalue weighted by molar-refractivity contribution is 8.15. The van der Waals surface area contributed by atoms with Gasteiger partial charge in [0.15, 0.2) is 11.0 Å². The zero-order valence-electron chi connectivity index (χ0n) is 21.3. The number of rotatable bonds is 7. The Morgan fingerprint density at radius 2 is 1.63 bits per heavy atom. The van der Waals surface area contributed by atoms with E-state index in [1.54, 1.807) is 65.0 Å². The van der Waals surface area contributed by atoms with Gasteiger partial charge in [-0.1, -0.05) is 65.3 Å². The predicted molar refractivity (Wildman–Crippen MR) is 149 cm³/mol. The lowest BCUT2D eigenvalue weighted by Gasteiger charge is -2.30. The molecule has 3 aromatic rings. The Balaban J connectivity index is 1.99. The SMILES string of the molecule is CC(C)(C)OC(=O)C(SC(=N)C(C)(C)c1c(Cl)cc(-n2ncc(=O)[nH]c2=O)cc1Cl)C(=O)c1ccccc1. The van der Waals surface area contributed by atoms with Gasteiger partial charge in [-0.3, -0.25) is 24.8 Å². The van der Waals surface area contributed by atoms with Gasteiger partial charge in [-0.25, -0.2) is 4.79 Å². The molecule has 3 rings (SSSR count). The Kier molecular flexibility index (Phi) is 8.70. The molecule has 1 unspecified atom stereocenters. The molecular formula is C26H26Cl2N4O5S. The van der Waals surface area contributed by atoms with Gasteiger partial charge < -0.3 is 4.74 Å². The summed E-state index contributed by atoms with van der Waals surface area (Å²) in [6, 6.07) is 11.2. The molecule has 1 heterocycles. The smallest absolute Gasteiger partial charge is 0.349 e. The number of ketones is 1. The predicted octanol–water partition coefficient (Wildman–Crippen LogP) is 4.81. The third-order valence-corrected chi connectivity index (χ3v) is 7.31. The lowest BCUT2D eigenvalue weighted by Crippen LogP contribution is -2.38. The van der Waals surface area contributed by atoms with Crippen molar-refractivity contribution in [2.75, 3.05) is 0 Å². The molecule has 0 aliphatic carbocycles. The summed E-state index contributed by atoms with van der Waals surface area (Å²) >= 11 is 13.9. The van der Waals surface area contributed by atoms with Gasteiger partial charge in [-0.05, 0) is 46.8 Å². The molecule has 0 radical (unpaired) electrons. The molecule has 38 heavy (non-hydrogen) atoms. The Morgan fingerprint density at radius 3 is 2.16 bits per heavy atom. The molecule has 200 valence electrons. The van der Waals surface area contributed by atoms with Gasteiger partial charge in [-0.2, -0.15) is 9.78 Å². The number of ether oxygens (including phenoxy) is 1. The van der Waals surface area contributed by atoms with Gasteiger partial charge in [0.2, 0.25) is 0 Å². The van der Waals surface area contributed by atoms with Gasteiger partial charge in [0.05, 0.1) is 10.7 Å². The summed E-state index contributed by atoms with van der Waals surface area (Å²) in [5.41, 5.74) is -2.59. The van der Waals surface area contributed by atoms with E-state index in [9.17, 15) is 19.2 Å². The molecule has 2 aromatic carbocycles. The van der Waals surface area contributed by atoms with Crippen LogP contribution in [0.4, 0.5) is 0 Å². The highest BCUT2D eigenvalue weighted by atomic mass is 35.5. The van der Waals surface area contributed by atoms with Crippen LogP contribution in [-0.2, 0) is 14.9 Å². The third-order valence-electron chi connectivity index (χ3n) is 5.33. The molecule has 0 fully saturated rings. The summed E-state index contributed by atoms with van der Waals surface area (Å²) < 4.78 is 6.42. The highest BCUT2D eigenvalue weighted by Gasteiger charge is 2.39. The lowest BCUT2D eigenvalue weighted by atomic mass is 9.85. The van der Waals surface area contributed by atoms with Crippen LogP contribution in [0.5, 0.6) is 0 Å². The van der Waals surface area contributed by atoms with Crippen LogP contribution in [-0.4, -0.2) is 42.4 Å². The fraction of sp³-hybridized carbons (Fsp3) is 0.308. The maximum Gasteiger partial charge on any atom is 0.349 e. The molecular weight excluding hydrogens is 551 g/mol. The Labute approximate surface area is 233 Å². The number of carbonyl (C=O) groups is 2. The van der Waals surface area contributed by atoms with Crippen molar-refractivity contribution in [3.63, 3.8) is 0 Å². The number of H-pyrrole nitrogens is 1. The number of Topliss-reactive ketones (excluding diaryl/α,β-unsaturated/α-hetero) is 1. The summed E-state index contributed by atoms with van der Waals surface area (Å²) in [6.45, 7) is 8.44. The molecule has 9 nitrogen and oxygen atoms in total. The van der Waals surface area contributed by atoms with E-state index in [4.69, 9.17) is 33.3 Å². The quantitative estimate of drug-likeness (QED) is 0.135. The van der Waals surface area contributed by atoms with Crippen LogP contribution in [0.3, 0.4) is 0 Å². The summed E-state index contributed by atoms with van der Waals surface area (Å²) in [5, 5.41) is 11.5. The first-order chi connectivity index (χ1) is 17.6. The molecule has 0 spiro atoms. The number of halogens is 2. The van der Waals surface area contributed by atoms with Crippen LogP contribution < -0.4 is 11.2 Å². The number of nitrogens with one attached hydrogen (secondary N) is 2. The van der Waals surface area contributed by atoms with E-state index >= 15 is 0 Å². The monoisotopic (exact) mass is 576 g/mol. The van der Waals surface area contributed by atoms with E-state index < -0.39 is 39.3 Å². The average Bonchev–Trinajstić information content (AvgIpc) is 2.80. The number of benzene rings is 2. The van der Waals surface area contributed by atoms with Crippen LogP contribution in [0, 0.1) is 5.41 Å². The number of nitrogens with zero attached hydrogens (tertiary/aromatic N) is 2. The normalized spacial score (nSPS) is 12.6. The largest absolute Gasteiger partial charge is 0.459 e. The van der Waals surface area contributed by atoms with Crippen LogP contribution in [0.25, 0.3) is 5.69 Å². The van der Waals surface area contributed by atoms with E-state index in [-0.39, 0.29) is 20.8 Å². The Hall–Kier alpha value is -3.21.